The summed E-state index contributed by atoms with van der Waals surface area (Å²) >= 11 is 0. The van der Waals surface area contributed by atoms with Crippen LogP contribution in [0.1, 0.15) is 17.2 Å². The van der Waals surface area contributed by atoms with Crippen molar-refractivity contribution in [1.82, 2.24) is 4.90 Å². The Labute approximate surface area is 144 Å². The summed E-state index contributed by atoms with van der Waals surface area (Å²) in [6, 6.07) is 12.5. The van der Waals surface area contributed by atoms with Crippen LogP contribution >= 0.6 is 0 Å². The number of halogens is 1. The molecule has 0 aliphatic carbocycles. The largest absolute Gasteiger partial charge is 0.370 e. The van der Waals surface area contributed by atoms with Crippen LogP contribution < -0.4 is 0 Å². The number of para-hydroxylation sites is 1. The van der Waals surface area contributed by atoms with Gasteiger partial charge in [0.1, 0.15) is 11.9 Å². The Hall–Kier alpha value is -2.80. The van der Waals surface area contributed by atoms with Gasteiger partial charge in [-0.3, -0.25) is 14.9 Å². The first-order chi connectivity index (χ1) is 12.1. The molecule has 1 aliphatic heterocycles. The summed E-state index contributed by atoms with van der Waals surface area (Å²) < 4.78 is 19.5. The second-order valence-electron chi connectivity index (χ2n) is 5.78. The van der Waals surface area contributed by atoms with E-state index in [2.05, 4.69) is 0 Å². The van der Waals surface area contributed by atoms with Crippen molar-refractivity contribution in [3.63, 3.8) is 0 Å². The van der Waals surface area contributed by atoms with Crippen molar-refractivity contribution in [2.45, 2.75) is 12.5 Å². The summed E-state index contributed by atoms with van der Waals surface area (Å²) in [5.74, 6) is -0.612. The van der Waals surface area contributed by atoms with Gasteiger partial charge in [-0.25, -0.2) is 4.39 Å². The van der Waals surface area contributed by atoms with E-state index in [9.17, 15) is 19.3 Å². The Morgan fingerprint density at radius 2 is 1.96 bits per heavy atom. The standard InChI is InChI=1S/C18H17FN2O4/c19-15-7-3-2-6-14(15)17-12-20(9-10-25-17)18(22)11-13-5-1-4-8-16(13)21(23)24/h1-8,17H,9-12H2/t17-/m1/s1. The molecule has 2 aromatic rings. The molecule has 2 aromatic carbocycles. The van der Waals surface area contributed by atoms with Gasteiger partial charge in [0.25, 0.3) is 5.69 Å². The number of nitro groups is 1. The molecule has 0 unspecified atom stereocenters. The van der Waals surface area contributed by atoms with Crippen LogP contribution in [0.5, 0.6) is 0 Å². The van der Waals surface area contributed by atoms with Crippen LogP contribution in [0.4, 0.5) is 10.1 Å². The van der Waals surface area contributed by atoms with Gasteiger partial charge < -0.3 is 9.64 Å². The van der Waals surface area contributed by atoms with E-state index in [0.717, 1.165) is 0 Å². The van der Waals surface area contributed by atoms with Crippen LogP contribution in [-0.2, 0) is 16.0 Å². The number of rotatable bonds is 4. The molecule has 1 saturated heterocycles. The predicted molar refractivity (Wildman–Crippen MR) is 88.5 cm³/mol. The zero-order valence-corrected chi connectivity index (χ0v) is 13.4. The van der Waals surface area contributed by atoms with E-state index in [4.69, 9.17) is 4.74 Å². The summed E-state index contributed by atoms with van der Waals surface area (Å²) in [5.41, 5.74) is 0.701. The van der Waals surface area contributed by atoms with Crippen LogP contribution in [0.3, 0.4) is 0 Å². The monoisotopic (exact) mass is 344 g/mol. The quantitative estimate of drug-likeness (QED) is 0.631. The molecule has 1 amide bonds. The lowest BCUT2D eigenvalue weighted by Crippen LogP contribution is -2.43. The van der Waals surface area contributed by atoms with Gasteiger partial charge in [-0.1, -0.05) is 36.4 Å². The molecule has 7 heteroatoms. The molecule has 0 radical (unpaired) electrons. The minimum absolute atomic E-state index is 0.0683. The van der Waals surface area contributed by atoms with Crippen molar-refractivity contribution in [1.29, 1.82) is 0 Å². The molecule has 1 aliphatic rings. The smallest absolute Gasteiger partial charge is 0.273 e. The lowest BCUT2D eigenvalue weighted by atomic mass is 10.1. The number of carbonyl (C=O) groups is 1. The molecule has 0 N–H and O–H groups in total. The molecule has 6 nitrogen and oxygen atoms in total. The minimum atomic E-state index is -0.537. The second kappa shape index (κ2) is 7.40. The first-order valence-corrected chi connectivity index (χ1v) is 7.92. The highest BCUT2D eigenvalue weighted by atomic mass is 19.1. The molecule has 1 fully saturated rings. The molecule has 0 bridgehead atoms. The number of carbonyl (C=O) groups excluding carboxylic acids is 1. The van der Waals surface area contributed by atoms with E-state index >= 15 is 0 Å². The number of ether oxygens (including phenoxy) is 1. The fraction of sp³-hybridized carbons (Fsp3) is 0.278. The van der Waals surface area contributed by atoms with Crippen LogP contribution in [-0.4, -0.2) is 35.4 Å². The highest BCUT2D eigenvalue weighted by Gasteiger charge is 2.28. The molecule has 0 spiro atoms. The van der Waals surface area contributed by atoms with Crippen LogP contribution in [0.15, 0.2) is 48.5 Å². The molecule has 25 heavy (non-hydrogen) atoms. The molecule has 0 saturated carbocycles. The Balaban J connectivity index is 1.73. The van der Waals surface area contributed by atoms with E-state index in [1.165, 1.54) is 12.1 Å². The maximum atomic E-state index is 13.9. The van der Waals surface area contributed by atoms with Crippen molar-refractivity contribution in [3.8, 4) is 0 Å². The van der Waals surface area contributed by atoms with Crippen molar-refractivity contribution in [2.75, 3.05) is 19.7 Å². The van der Waals surface area contributed by atoms with E-state index in [-0.39, 0.29) is 30.4 Å². The normalized spacial score (nSPS) is 17.3. The van der Waals surface area contributed by atoms with Crippen LogP contribution in [0.2, 0.25) is 0 Å². The Morgan fingerprint density at radius 1 is 1.24 bits per heavy atom. The third-order valence-electron chi connectivity index (χ3n) is 4.20. The average Bonchev–Trinajstić information content (AvgIpc) is 2.62. The number of nitro benzene ring substituents is 1. The average molecular weight is 344 g/mol. The van der Waals surface area contributed by atoms with Gasteiger partial charge >= 0.3 is 0 Å². The maximum Gasteiger partial charge on any atom is 0.273 e. The summed E-state index contributed by atoms with van der Waals surface area (Å²) in [6.45, 7) is 0.895. The lowest BCUT2D eigenvalue weighted by molar-refractivity contribution is -0.385. The molecule has 1 heterocycles. The van der Waals surface area contributed by atoms with Crippen LogP contribution in [0, 0.1) is 15.9 Å². The van der Waals surface area contributed by atoms with Gasteiger partial charge in [-0.05, 0) is 6.07 Å². The number of hydrogen-bond donors (Lipinski definition) is 0. The Morgan fingerprint density at radius 3 is 2.72 bits per heavy atom. The summed E-state index contributed by atoms with van der Waals surface area (Å²) in [5, 5.41) is 11.1. The highest BCUT2D eigenvalue weighted by Crippen LogP contribution is 2.25. The predicted octanol–water partition coefficient (Wildman–Crippen LogP) is 2.88. The zero-order chi connectivity index (χ0) is 17.8. The number of amides is 1. The SMILES string of the molecule is O=C(Cc1ccccc1[N+](=O)[O-])N1CCO[C@@H](c2ccccc2F)C1. The molecule has 3 rings (SSSR count). The van der Waals surface area contributed by atoms with Crippen molar-refractivity contribution in [2.24, 2.45) is 0 Å². The highest BCUT2D eigenvalue weighted by molar-refractivity contribution is 5.80. The van der Waals surface area contributed by atoms with E-state index in [1.807, 2.05) is 0 Å². The molecular formula is C18H17FN2O4. The molecule has 130 valence electrons. The number of benzene rings is 2. The van der Waals surface area contributed by atoms with Gasteiger partial charge in [0.2, 0.25) is 5.91 Å². The third-order valence-corrected chi connectivity index (χ3v) is 4.20. The number of morpholine rings is 1. The summed E-state index contributed by atoms with van der Waals surface area (Å²) in [6.07, 6.45) is -0.606. The van der Waals surface area contributed by atoms with Gasteiger partial charge in [0.15, 0.2) is 0 Å². The number of nitrogens with zero attached hydrogens (tertiary/aromatic N) is 2. The molecule has 1 atom stereocenters. The fourth-order valence-electron chi connectivity index (χ4n) is 2.91. The van der Waals surface area contributed by atoms with Crippen molar-refractivity contribution in [3.05, 3.63) is 75.6 Å². The third kappa shape index (κ3) is 3.83. The Bertz CT molecular complexity index is 796. The topological polar surface area (TPSA) is 72.7 Å². The van der Waals surface area contributed by atoms with E-state index < -0.39 is 11.0 Å². The van der Waals surface area contributed by atoms with Gasteiger partial charge in [0.05, 0.1) is 24.5 Å². The van der Waals surface area contributed by atoms with Gasteiger partial charge in [-0.2, -0.15) is 0 Å². The van der Waals surface area contributed by atoms with Gasteiger partial charge in [0, 0.05) is 23.7 Å². The minimum Gasteiger partial charge on any atom is -0.370 e. The molecule has 0 aromatic heterocycles. The van der Waals surface area contributed by atoms with Crippen molar-refractivity contribution >= 4 is 11.6 Å². The Kier molecular flexibility index (Phi) is 5.04. The maximum absolute atomic E-state index is 13.9. The summed E-state index contributed by atoms with van der Waals surface area (Å²) in [7, 11) is 0. The second-order valence-corrected chi connectivity index (χ2v) is 5.78. The van der Waals surface area contributed by atoms with Gasteiger partial charge in [-0.15, -0.1) is 0 Å². The lowest BCUT2D eigenvalue weighted by Gasteiger charge is -2.33. The number of hydrogen-bond acceptors (Lipinski definition) is 4. The van der Waals surface area contributed by atoms with Crippen molar-refractivity contribution < 1.29 is 18.8 Å². The molecular weight excluding hydrogens is 327 g/mol. The van der Waals surface area contributed by atoms with E-state index in [1.54, 1.807) is 41.3 Å². The van der Waals surface area contributed by atoms with E-state index in [0.29, 0.717) is 24.3 Å². The first kappa shape index (κ1) is 17.0. The van der Waals surface area contributed by atoms with Crippen LogP contribution in [0.25, 0.3) is 0 Å². The zero-order valence-electron chi connectivity index (χ0n) is 13.4. The fourth-order valence-corrected chi connectivity index (χ4v) is 2.91. The summed E-state index contributed by atoms with van der Waals surface area (Å²) in [4.78, 5) is 24.7. The first-order valence-electron chi connectivity index (χ1n) is 7.92.